The van der Waals surface area contributed by atoms with E-state index in [0.717, 1.165) is 0 Å². The number of halogens is 2. The lowest BCUT2D eigenvalue weighted by Gasteiger charge is -2.08. The third kappa shape index (κ3) is 3.70. The molecule has 0 saturated heterocycles. The number of rotatable bonds is 4. The summed E-state index contributed by atoms with van der Waals surface area (Å²) in [6, 6.07) is 10.4. The quantitative estimate of drug-likeness (QED) is 0.839. The van der Waals surface area contributed by atoms with Gasteiger partial charge in [0.2, 0.25) is 0 Å². The summed E-state index contributed by atoms with van der Waals surface area (Å²) in [5.41, 5.74) is 1.06. The van der Waals surface area contributed by atoms with Crippen molar-refractivity contribution in [1.82, 2.24) is 0 Å². The Kier molecular flexibility index (Phi) is 4.42. The summed E-state index contributed by atoms with van der Waals surface area (Å²) >= 11 is 5.88. The Balaban J connectivity index is 2.02. The van der Waals surface area contributed by atoms with Crippen LogP contribution in [0.3, 0.4) is 0 Å². The molecule has 0 bridgehead atoms. The normalized spacial score (nSPS) is 10.3. The van der Waals surface area contributed by atoms with Crippen molar-refractivity contribution in [3.8, 4) is 5.75 Å². The van der Waals surface area contributed by atoms with E-state index in [4.69, 9.17) is 26.4 Å². The van der Waals surface area contributed by atoms with Crippen LogP contribution >= 0.6 is 11.6 Å². The summed E-state index contributed by atoms with van der Waals surface area (Å²) in [6.45, 7) is 0.208. The van der Waals surface area contributed by atoms with Crippen LogP contribution in [0, 0.1) is 5.82 Å². The van der Waals surface area contributed by atoms with Crippen LogP contribution in [0.5, 0.6) is 5.75 Å². The Morgan fingerprint density at radius 3 is 2.37 bits per heavy atom. The van der Waals surface area contributed by atoms with Gasteiger partial charge in [-0.3, -0.25) is 0 Å². The van der Waals surface area contributed by atoms with Gasteiger partial charge in [0.15, 0.2) is 0 Å². The fourth-order valence-corrected chi connectivity index (χ4v) is 1.76. The van der Waals surface area contributed by atoms with Crippen LogP contribution in [0.2, 0.25) is 5.02 Å². The van der Waals surface area contributed by atoms with Gasteiger partial charge >= 0.3 is 7.12 Å². The van der Waals surface area contributed by atoms with E-state index in [9.17, 15) is 4.39 Å². The first-order chi connectivity index (χ1) is 9.06. The molecule has 0 amide bonds. The van der Waals surface area contributed by atoms with E-state index >= 15 is 0 Å². The molecule has 6 heteroatoms. The zero-order valence-corrected chi connectivity index (χ0v) is 10.6. The number of ether oxygens (including phenoxy) is 1. The zero-order chi connectivity index (χ0) is 13.8. The first-order valence-corrected chi connectivity index (χ1v) is 5.97. The summed E-state index contributed by atoms with van der Waals surface area (Å²) in [7, 11) is -1.50. The van der Waals surface area contributed by atoms with Crippen molar-refractivity contribution >= 4 is 24.2 Å². The van der Waals surface area contributed by atoms with Gasteiger partial charge in [0.1, 0.15) is 18.2 Å². The molecule has 0 heterocycles. The van der Waals surface area contributed by atoms with Crippen molar-refractivity contribution in [2.24, 2.45) is 0 Å². The van der Waals surface area contributed by atoms with E-state index in [1.54, 1.807) is 30.3 Å². The minimum absolute atomic E-state index is 0.208. The molecule has 2 aromatic carbocycles. The van der Waals surface area contributed by atoms with Gasteiger partial charge in [-0.05, 0) is 29.7 Å². The Morgan fingerprint density at radius 2 is 1.79 bits per heavy atom. The van der Waals surface area contributed by atoms with Gasteiger partial charge in [-0.25, -0.2) is 4.39 Å². The second-order valence-electron chi connectivity index (χ2n) is 3.97. The van der Waals surface area contributed by atoms with Crippen LogP contribution in [0.1, 0.15) is 5.56 Å². The zero-order valence-electron chi connectivity index (χ0n) is 9.88. The van der Waals surface area contributed by atoms with E-state index < -0.39 is 12.9 Å². The Bertz CT molecular complexity index is 560. The van der Waals surface area contributed by atoms with Crippen LogP contribution in [0.15, 0.2) is 42.5 Å². The molecule has 0 unspecified atom stereocenters. The Labute approximate surface area is 115 Å². The lowest BCUT2D eigenvalue weighted by Crippen LogP contribution is -2.29. The van der Waals surface area contributed by atoms with Crippen molar-refractivity contribution < 1.29 is 19.2 Å². The monoisotopic (exact) mass is 280 g/mol. The highest BCUT2D eigenvalue weighted by atomic mass is 35.5. The predicted molar refractivity (Wildman–Crippen MR) is 72.0 cm³/mol. The molecule has 0 aliphatic carbocycles. The number of hydrogen-bond acceptors (Lipinski definition) is 3. The molecule has 2 N–H and O–H groups in total. The maximum atomic E-state index is 12.9. The van der Waals surface area contributed by atoms with E-state index in [0.29, 0.717) is 21.8 Å². The van der Waals surface area contributed by atoms with Crippen molar-refractivity contribution in [1.29, 1.82) is 0 Å². The Hall–Kier alpha value is -1.56. The number of benzene rings is 2. The first kappa shape index (κ1) is 13.9. The standard InChI is InChI=1S/C13H11BClFO3/c15-13-7-11(16)4-1-9(13)8-19-12-5-2-10(3-6-12)14(17)18/h1-7,17-18H,8H2. The fourth-order valence-electron chi connectivity index (χ4n) is 1.54. The molecular formula is C13H11BClFO3. The largest absolute Gasteiger partial charge is 0.489 e. The van der Waals surface area contributed by atoms with Crippen LogP contribution in [-0.4, -0.2) is 17.2 Å². The summed E-state index contributed by atoms with van der Waals surface area (Å²) in [4.78, 5) is 0. The maximum absolute atomic E-state index is 12.9. The highest BCUT2D eigenvalue weighted by Gasteiger charge is 2.10. The minimum Gasteiger partial charge on any atom is -0.489 e. The first-order valence-electron chi connectivity index (χ1n) is 5.59. The van der Waals surface area contributed by atoms with Gasteiger partial charge in [-0.15, -0.1) is 0 Å². The topological polar surface area (TPSA) is 49.7 Å². The van der Waals surface area contributed by atoms with Crippen LogP contribution in [0.25, 0.3) is 0 Å². The molecule has 0 aromatic heterocycles. The Morgan fingerprint density at radius 1 is 1.11 bits per heavy atom. The van der Waals surface area contributed by atoms with Crippen LogP contribution in [-0.2, 0) is 6.61 Å². The smallest absolute Gasteiger partial charge is 0.488 e. The molecule has 0 aliphatic rings. The summed E-state index contributed by atoms with van der Waals surface area (Å²) in [5.74, 6) is 0.167. The van der Waals surface area contributed by atoms with Crippen molar-refractivity contribution in [3.05, 3.63) is 58.9 Å². The maximum Gasteiger partial charge on any atom is 0.488 e. The van der Waals surface area contributed by atoms with E-state index in [-0.39, 0.29) is 6.61 Å². The van der Waals surface area contributed by atoms with Gasteiger partial charge in [0, 0.05) is 5.56 Å². The molecule has 19 heavy (non-hydrogen) atoms. The van der Waals surface area contributed by atoms with E-state index in [1.165, 1.54) is 12.1 Å². The molecule has 0 spiro atoms. The van der Waals surface area contributed by atoms with E-state index in [2.05, 4.69) is 0 Å². The SMILES string of the molecule is OB(O)c1ccc(OCc2ccc(F)cc2Cl)cc1. The molecule has 0 fully saturated rings. The molecule has 0 saturated carbocycles. The minimum atomic E-state index is -1.50. The molecule has 98 valence electrons. The summed E-state index contributed by atoms with van der Waals surface area (Å²) < 4.78 is 18.3. The molecule has 2 aromatic rings. The lowest BCUT2D eigenvalue weighted by molar-refractivity contribution is 0.306. The molecule has 0 atom stereocenters. The molecule has 3 nitrogen and oxygen atoms in total. The highest BCUT2D eigenvalue weighted by molar-refractivity contribution is 6.58. The number of hydrogen-bond donors (Lipinski definition) is 2. The van der Waals surface area contributed by atoms with Gasteiger partial charge in [0.05, 0.1) is 5.02 Å². The highest BCUT2D eigenvalue weighted by Crippen LogP contribution is 2.19. The fraction of sp³-hybridized carbons (Fsp3) is 0.0769. The van der Waals surface area contributed by atoms with Crippen molar-refractivity contribution in [2.75, 3.05) is 0 Å². The lowest BCUT2D eigenvalue weighted by atomic mass is 9.80. The molecule has 2 rings (SSSR count). The van der Waals surface area contributed by atoms with Gasteiger partial charge in [-0.2, -0.15) is 0 Å². The second-order valence-corrected chi connectivity index (χ2v) is 4.37. The second kappa shape index (κ2) is 6.06. The third-order valence-electron chi connectivity index (χ3n) is 2.59. The van der Waals surface area contributed by atoms with Crippen molar-refractivity contribution in [3.63, 3.8) is 0 Å². The average Bonchev–Trinajstić information content (AvgIpc) is 2.38. The summed E-state index contributed by atoms with van der Waals surface area (Å²) in [5, 5.41) is 18.2. The summed E-state index contributed by atoms with van der Waals surface area (Å²) in [6.07, 6.45) is 0. The molecule has 0 radical (unpaired) electrons. The van der Waals surface area contributed by atoms with Crippen LogP contribution in [0.4, 0.5) is 4.39 Å². The van der Waals surface area contributed by atoms with Crippen molar-refractivity contribution in [2.45, 2.75) is 6.61 Å². The van der Waals surface area contributed by atoms with E-state index in [1.807, 2.05) is 0 Å². The average molecular weight is 280 g/mol. The van der Waals surface area contributed by atoms with Gasteiger partial charge in [0.25, 0.3) is 0 Å². The van der Waals surface area contributed by atoms with Gasteiger partial charge < -0.3 is 14.8 Å². The third-order valence-corrected chi connectivity index (χ3v) is 2.94. The van der Waals surface area contributed by atoms with Gasteiger partial charge in [-0.1, -0.05) is 29.8 Å². The molecular weight excluding hydrogens is 269 g/mol. The molecule has 0 aliphatic heterocycles. The van der Waals surface area contributed by atoms with Crippen LogP contribution < -0.4 is 10.2 Å². The predicted octanol–water partition coefficient (Wildman–Crippen LogP) is 1.74.